The second-order valence-corrected chi connectivity index (χ2v) is 5.48. The van der Waals surface area contributed by atoms with Crippen LogP contribution in [0, 0.1) is 0 Å². The summed E-state index contributed by atoms with van der Waals surface area (Å²) in [4.78, 5) is 18.1. The van der Waals surface area contributed by atoms with Gasteiger partial charge in [0.2, 0.25) is 11.9 Å². The number of hydrogen-bond acceptors (Lipinski definition) is 4. The van der Waals surface area contributed by atoms with Crippen molar-refractivity contribution in [3.63, 3.8) is 0 Å². The topological polar surface area (TPSA) is 73.9 Å². The van der Waals surface area contributed by atoms with Crippen molar-refractivity contribution in [1.29, 1.82) is 0 Å². The Bertz CT molecular complexity index is 654. The molecule has 2 aromatic rings. The average molecular weight is 342 g/mol. The van der Waals surface area contributed by atoms with Crippen molar-refractivity contribution >= 4 is 35.1 Å². The fourth-order valence-corrected chi connectivity index (χ4v) is 2.31. The van der Waals surface area contributed by atoms with Crippen LogP contribution in [-0.4, -0.2) is 45.6 Å². The smallest absolute Gasteiger partial charge is 0.249 e. The van der Waals surface area contributed by atoms with E-state index in [4.69, 9.17) is 23.2 Å². The van der Waals surface area contributed by atoms with Crippen LogP contribution in [0.3, 0.4) is 0 Å². The summed E-state index contributed by atoms with van der Waals surface area (Å²) in [5.74, 6) is 0.500. The average Bonchev–Trinajstić information content (AvgIpc) is 2.95. The van der Waals surface area contributed by atoms with Crippen LogP contribution in [0.15, 0.2) is 18.2 Å². The number of likely N-dealkylation sites (N-methyl/N-ethyl adjacent to an activating group) is 1. The Morgan fingerprint density at radius 2 is 2.05 bits per heavy atom. The third kappa shape index (κ3) is 4.19. The highest BCUT2D eigenvalue weighted by Crippen LogP contribution is 2.28. The number of rotatable bonds is 6. The zero-order valence-corrected chi connectivity index (χ0v) is 13.9. The predicted octanol–water partition coefficient (Wildman–Crippen LogP) is 3.06. The molecule has 0 spiro atoms. The van der Waals surface area contributed by atoms with Gasteiger partial charge in [0.05, 0.1) is 11.6 Å². The SMILES string of the molecule is CCN(CC)CC(=O)Nc1n[nH]c(-c2cc(Cl)ccc2Cl)n1. The molecule has 0 aliphatic carbocycles. The first kappa shape index (κ1) is 16.7. The molecule has 0 radical (unpaired) electrons. The van der Waals surface area contributed by atoms with Gasteiger partial charge in [0.1, 0.15) is 0 Å². The normalized spacial score (nSPS) is 11.0. The number of aromatic amines is 1. The molecule has 0 saturated heterocycles. The Balaban J connectivity index is 2.08. The van der Waals surface area contributed by atoms with E-state index in [0.29, 0.717) is 28.0 Å². The van der Waals surface area contributed by atoms with Crippen LogP contribution in [0.5, 0.6) is 0 Å². The number of halogens is 2. The summed E-state index contributed by atoms with van der Waals surface area (Å²) in [5.41, 5.74) is 0.630. The fourth-order valence-electron chi connectivity index (χ4n) is 1.93. The van der Waals surface area contributed by atoms with Gasteiger partial charge in [-0.3, -0.25) is 20.1 Å². The number of benzene rings is 1. The van der Waals surface area contributed by atoms with E-state index in [1.807, 2.05) is 18.7 Å². The van der Waals surface area contributed by atoms with Crippen molar-refractivity contribution in [2.75, 3.05) is 25.0 Å². The summed E-state index contributed by atoms with van der Waals surface area (Å²) in [7, 11) is 0. The molecule has 0 aliphatic heterocycles. The van der Waals surface area contributed by atoms with E-state index in [1.165, 1.54) is 0 Å². The van der Waals surface area contributed by atoms with Gasteiger partial charge in [-0.25, -0.2) is 0 Å². The predicted molar refractivity (Wildman–Crippen MR) is 88.3 cm³/mol. The second-order valence-electron chi connectivity index (χ2n) is 4.64. The molecule has 0 bridgehead atoms. The van der Waals surface area contributed by atoms with Crippen LogP contribution in [0.1, 0.15) is 13.8 Å². The van der Waals surface area contributed by atoms with Crippen molar-refractivity contribution in [3.05, 3.63) is 28.2 Å². The van der Waals surface area contributed by atoms with E-state index in [9.17, 15) is 4.79 Å². The Labute approximate surface area is 138 Å². The van der Waals surface area contributed by atoms with E-state index < -0.39 is 0 Å². The lowest BCUT2D eigenvalue weighted by atomic mass is 10.2. The van der Waals surface area contributed by atoms with E-state index >= 15 is 0 Å². The maximum absolute atomic E-state index is 11.9. The molecule has 8 heteroatoms. The van der Waals surface area contributed by atoms with Crippen molar-refractivity contribution in [3.8, 4) is 11.4 Å². The molecule has 1 aromatic carbocycles. The largest absolute Gasteiger partial charge is 0.295 e. The summed E-state index contributed by atoms with van der Waals surface area (Å²) in [6, 6.07) is 5.06. The molecule has 22 heavy (non-hydrogen) atoms. The number of carbonyl (C=O) groups excluding carboxylic acids is 1. The summed E-state index contributed by atoms with van der Waals surface area (Å²) < 4.78 is 0. The monoisotopic (exact) mass is 341 g/mol. The van der Waals surface area contributed by atoms with Gasteiger partial charge < -0.3 is 0 Å². The maximum atomic E-state index is 11.9. The number of nitrogens with one attached hydrogen (secondary N) is 2. The van der Waals surface area contributed by atoms with Crippen LogP contribution in [-0.2, 0) is 4.79 Å². The number of H-pyrrole nitrogens is 1. The van der Waals surface area contributed by atoms with Crippen LogP contribution >= 0.6 is 23.2 Å². The van der Waals surface area contributed by atoms with Crippen molar-refractivity contribution in [2.45, 2.75) is 13.8 Å². The minimum absolute atomic E-state index is 0.161. The summed E-state index contributed by atoms with van der Waals surface area (Å²) >= 11 is 12.1. The van der Waals surface area contributed by atoms with E-state index in [-0.39, 0.29) is 11.9 Å². The molecule has 0 aliphatic rings. The fraction of sp³-hybridized carbons (Fsp3) is 0.357. The molecule has 6 nitrogen and oxygen atoms in total. The van der Waals surface area contributed by atoms with E-state index in [1.54, 1.807) is 18.2 Å². The number of nitrogens with zero attached hydrogens (tertiary/aromatic N) is 3. The Morgan fingerprint density at radius 3 is 2.73 bits per heavy atom. The van der Waals surface area contributed by atoms with Gasteiger partial charge in [-0.1, -0.05) is 37.0 Å². The molecule has 1 amide bonds. The molecule has 0 unspecified atom stereocenters. The van der Waals surface area contributed by atoms with E-state index in [2.05, 4.69) is 20.5 Å². The number of carbonyl (C=O) groups is 1. The lowest BCUT2D eigenvalue weighted by Crippen LogP contribution is -2.33. The first-order valence-corrected chi connectivity index (χ1v) is 7.69. The zero-order valence-electron chi connectivity index (χ0n) is 12.4. The van der Waals surface area contributed by atoms with Gasteiger partial charge in [-0.15, -0.1) is 5.10 Å². The van der Waals surface area contributed by atoms with Crippen LogP contribution < -0.4 is 5.32 Å². The lowest BCUT2D eigenvalue weighted by Gasteiger charge is -2.16. The first-order valence-electron chi connectivity index (χ1n) is 6.93. The van der Waals surface area contributed by atoms with Gasteiger partial charge in [-0.05, 0) is 31.3 Å². The van der Waals surface area contributed by atoms with E-state index in [0.717, 1.165) is 13.1 Å². The second kappa shape index (κ2) is 7.58. The standard InChI is InChI=1S/C14H17Cl2N5O/c1-3-21(4-2)8-12(22)17-14-18-13(19-20-14)10-7-9(15)5-6-11(10)16/h5-7H,3-4,8H2,1-2H3,(H2,17,18,19,20,22). The Kier molecular flexibility index (Phi) is 5.76. The molecular weight excluding hydrogens is 325 g/mol. The summed E-state index contributed by atoms with van der Waals surface area (Å²) in [6.45, 7) is 5.92. The third-order valence-corrected chi connectivity index (χ3v) is 3.75. The highest BCUT2D eigenvalue weighted by Gasteiger charge is 2.13. The van der Waals surface area contributed by atoms with Crippen LogP contribution in [0.4, 0.5) is 5.95 Å². The van der Waals surface area contributed by atoms with Gasteiger partial charge in [0.25, 0.3) is 0 Å². The quantitative estimate of drug-likeness (QED) is 0.846. The zero-order chi connectivity index (χ0) is 16.1. The minimum atomic E-state index is -0.161. The Morgan fingerprint density at radius 1 is 1.32 bits per heavy atom. The highest BCUT2D eigenvalue weighted by atomic mass is 35.5. The molecule has 118 valence electrons. The lowest BCUT2D eigenvalue weighted by molar-refractivity contribution is -0.117. The van der Waals surface area contributed by atoms with Gasteiger partial charge in [0, 0.05) is 10.6 Å². The van der Waals surface area contributed by atoms with Crippen molar-refractivity contribution in [2.24, 2.45) is 0 Å². The number of anilines is 1. The number of aromatic nitrogens is 3. The van der Waals surface area contributed by atoms with Gasteiger partial charge in [0.15, 0.2) is 5.82 Å². The van der Waals surface area contributed by atoms with Crippen LogP contribution in [0.25, 0.3) is 11.4 Å². The third-order valence-electron chi connectivity index (χ3n) is 3.18. The molecule has 0 saturated carbocycles. The first-order chi connectivity index (χ1) is 10.5. The Hall–Kier alpha value is -1.63. The molecule has 2 N–H and O–H groups in total. The highest BCUT2D eigenvalue weighted by molar-refractivity contribution is 6.35. The molecule has 1 aromatic heterocycles. The number of amides is 1. The number of hydrogen-bond donors (Lipinski definition) is 2. The molecule has 0 atom stereocenters. The van der Waals surface area contributed by atoms with Gasteiger partial charge >= 0.3 is 0 Å². The molecule has 1 heterocycles. The minimum Gasteiger partial charge on any atom is -0.295 e. The maximum Gasteiger partial charge on any atom is 0.249 e. The van der Waals surface area contributed by atoms with Crippen molar-refractivity contribution < 1.29 is 4.79 Å². The van der Waals surface area contributed by atoms with Crippen LogP contribution in [0.2, 0.25) is 10.0 Å². The van der Waals surface area contributed by atoms with Crippen molar-refractivity contribution in [1.82, 2.24) is 20.1 Å². The van der Waals surface area contributed by atoms with Gasteiger partial charge in [-0.2, -0.15) is 4.98 Å². The molecular formula is C14H17Cl2N5O. The molecule has 0 fully saturated rings. The molecule has 2 rings (SSSR count). The summed E-state index contributed by atoms with van der Waals surface area (Å²) in [5, 5.41) is 10.4. The summed E-state index contributed by atoms with van der Waals surface area (Å²) in [6.07, 6.45) is 0.